The Hall–Kier alpha value is -1.84. The van der Waals surface area contributed by atoms with Gasteiger partial charge in [-0.2, -0.15) is 5.10 Å². The molecule has 0 fully saturated rings. The predicted molar refractivity (Wildman–Crippen MR) is 105 cm³/mol. The lowest BCUT2D eigenvalue weighted by molar-refractivity contribution is -0.119. The summed E-state index contributed by atoms with van der Waals surface area (Å²) in [7, 11) is -3.68. The smallest absolute Gasteiger partial charge is 0.260 e. The summed E-state index contributed by atoms with van der Waals surface area (Å²) in [6.07, 6.45) is 2.34. The minimum absolute atomic E-state index is 0.299. The van der Waals surface area contributed by atoms with E-state index in [1.165, 1.54) is 12.3 Å². The number of carbonyl (C=O) groups excluding carboxylic acids is 1. The highest BCUT2D eigenvalue weighted by molar-refractivity contribution is 9.10. The first-order valence-corrected chi connectivity index (χ1v) is 10.4. The minimum Gasteiger partial charge on any atom is -0.459 e. The Balaban J connectivity index is 2.10. The summed E-state index contributed by atoms with van der Waals surface area (Å²) in [6.45, 7) is 3.14. The number of hydrogen-bond acceptors (Lipinski definition) is 5. The number of benzene rings is 1. The molecule has 0 aliphatic rings. The number of amides is 1. The highest BCUT2D eigenvalue weighted by atomic mass is 79.9. The molecular weight excluding hydrogens is 446 g/mol. The van der Waals surface area contributed by atoms with Gasteiger partial charge >= 0.3 is 0 Å². The van der Waals surface area contributed by atoms with Crippen molar-refractivity contribution in [2.75, 3.05) is 17.1 Å². The molecule has 0 aliphatic heterocycles. The van der Waals surface area contributed by atoms with Crippen LogP contribution in [-0.4, -0.2) is 33.3 Å². The van der Waals surface area contributed by atoms with Gasteiger partial charge in [0.1, 0.15) is 18.1 Å². The fourth-order valence-corrected chi connectivity index (χ4v) is 3.35. The molecule has 0 atom stereocenters. The molecule has 1 heterocycles. The molecule has 1 N–H and O–H groups in total. The standard InChI is InChI=1S/C16H17BrClN3O4S/c1-10-4-5-12(6-15(10)18)21(26(3,23)24)9-16(22)20-19-8-13-7-14(17)11(2)25-13/h4-8H,9H2,1-3H3,(H,20,22)/b19-8-. The van der Waals surface area contributed by atoms with Crippen molar-refractivity contribution >= 4 is 55.4 Å². The summed E-state index contributed by atoms with van der Waals surface area (Å²) in [4.78, 5) is 12.1. The molecule has 0 bridgehead atoms. The van der Waals surface area contributed by atoms with Crippen molar-refractivity contribution in [2.45, 2.75) is 13.8 Å². The molecule has 2 rings (SSSR count). The van der Waals surface area contributed by atoms with Gasteiger partial charge in [-0.1, -0.05) is 17.7 Å². The first-order chi connectivity index (χ1) is 12.1. The lowest BCUT2D eigenvalue weighted by Gasteiger charge is -2.21. The van der Waals surface area contributed by atoms with Crippen LogP contribution in [-0.2, 0) is 14.8 Å². The van der Waals surface area contributed by atoms with Gasteiger partial charge in [0.25, 0.3) is 5.91 Å². The number of nitrogens with one attached hydrogen (secondary N) is 1. The van der Waals surface area contributed by atoms with Gasteiger partial charge in [-0.05, 0) is 47.5 Å². The quantitative estimate of drug-likeness (QED) is 0.527. The predicted octanol–water partition coefficient (Wildman–Crippen LogP) is 3.23. The zero-order valence-electron chi connectivity index (χ0n) is 14.3. The molecular formula is C16H17BrClN3O4S. The molecule has 7 nitrogen and oxygen atoms in total. The maximum Gasteiger partial charge on any atom is 0.260 e. The summed E-state index contributed by atoms with van der Waals surface area (Å²) in [5.74, 6) is 0.517. The van der Waals surface area contributed by atoms with Crippen LogP contribution in [0.2, 0.25) is 5.02 Å². The Morgan fingerprint density at radius 3 is 2.62 bits per heavy atom. The van der Waals surface area contributed by atoms with Crippen molar-refractivity contribution in [1.29, 1.82) is 0 Å². The second-order valence-electron chi connectivity index (χ2n) is 5.55. The van der Waals surface area contributed by atoms with Crippen LogP contribution < -0.4 is 9.73 Å². The zero-order valence-corrected chi connectivity index (χ0v) is 17.4. The Morgan fingerprint density at radius 2 is 2.08 bits per heavy atom. The van der Waals surface area contributed by atoms with Crippen LogP contribution in [0.4, 0.5) is 5.69 Å². The van der Waals surface area contributed by atoms with Crippen LogP contribution in [0.25, 0.3) is 0 Å². The average molecular weight is 463 g/mol. The van der Waals surface area contributed by atoms with E-state index < -0.39 is 22.5 Å². The molecule has 0 saturated carbocycles. The third-order valence-corrected chi connectivity index (χ3v) is 5.72. The van der Waals surface area contributed by atoms with Crippen LogP contribution in [0.1, 0.15) is 17.1 Å². The monoisotopic (exact) mass is 461 g/mol. The van der Waals surface area contributed by atoms with E-state index in [1.54, 1.807) is 32.0 Å². The van der Waals surface area contributed by atoms with Crippen LogP contribution >= 0.6 is 27.5 Å². The van der Waals surface area contributed by atoms with Crippen molar-refractivity contribution < 1.29 is 17.6 Å². The lowest BCUT2D eigenvalue weighted by Crippen LogP contribution is -2.39. The van der Waals surface area contributed by atoms with Crippen LogP contribution in [0, 0.1) is 13.8 Å². The van der Waals surface area contributed by atoms with E-state index in [4.69, 9.17) is 16.0 Å². The molecule has 0 spiro atoms. The van der Waals surface area contributed by atoms with Crippen molar-refractivity contribution in [1.82, 2.24) is 5.43 Å². The molecule has 0 radical (unpaired) electrons. The molecule has 2 aromatic rings. The Morgan fingerprint density at radius 1 is 1.38 bits per heavy atom. The highest BCUT2D eigenvalue weighted by Crippen LogP contribution is 2.24. The van der Waals surface area contributed by atoms with Crippen molar-refractivity contribution in [2.24, 2.45) is 5.10 Å². The van der Waals surface area contributed by atoms with E-state index in [-0.39, 0.29) is 0 Å². The van der Waals surface area contributed by atoms with Gasteiger partial charge < -0.3 is 4.42 Å². The molecule has 0 unspecified atom stereocenters. The highest BCUT2D eigenvalue weighted by Gasteiger charge is 2.21. The van der Waals surface area contributed by atoms with E-state index in [2.05, 4.69) is 26.5 Å². The number of rotatable bonds is 6. The summed E-state index contributed by atoms with van der Waals surface area (Å²) < 4.78 is 31.2. The second kappa shape index (κ2) is 8.24. The van der Waals surface area contributed by atoms with Crippen molar-refractivity contribution in [3.63, 3.8) is 0 Å². The number of carbonyl (C=O) groups is 1. The first-order valence-electron chi connectivity index (χ1n) is 7.39. The molecule has 1 amide bonds. The van der Waals surface area contributed by atoms with Gasteiger partial charge in [0.05, 0.1) is 22.6 Å². The van der Waals surface area contributed by atoms with E-state index >= 15 is 0 Å². The van der Waals surface area contributed by atoms with Gasteiger partial charge in [-0.25, -0.2) is 13.8 Å². The topological polar surface area (TPSA) is 92.0 Å². The fraction of sp³-hybridized carbons (Fsp3) is 0.250. The van der Waals surface area contributed by atoms with Gasteiger partial charge in [-0.3, -0.25) is 9.10 Å². The van der Waals surface area contributed by atoms with E-state index in [0.717, 1.165) is 20.6 Å². The number of halogens is 2. The van der Waals surface area contributed by atoms with Gasteiger partial charge in [-0.15, -0.1) is 0 Å². The number of anilines is 1. The normalized spacial score (nSPS) is 11.7. The summed E-state index contributed by atoms with van der Waals surface area (Å²) in [6, 6.07) is 6.46. The SMILES string of the molecule is Cc1ccc(N(CC(=O)N/N=C\c2cc(Br)c(C)o2)S(C)(=O)=O)cc1Cl. The number of sulfonamides is 1. The van der Waals surface area contributed by atoms with Crippen molar-refractivity contribution in [3.05, 3.63) is 50.8 Å². The Kier molecular flexibility index (Phi) is 6.48. The molecule has 0 saturated heterocycles. The Labute approximate surface area is 165 Å². The number of nitrogens with zero attached hydrogens (tertiary/aromatic N) is 2. The number of furan rings is 1. The second-order valence-corrected chi connectivity index (χ2v) is 8.72. The van der Waals surface area contributed by atoms with Gasteiger partial charge in [0.15, 0.2) is 0 Å². The number of aryl methyl sites for hydroxylation is 2. The molecule has 1 aromatic carbocycles. The third-order valence-electron chi connectivity index (χ3n) is 3.39. The molecule has 10 heteroatoms. The fourth-order valence-electron chi connectivity index (χ4n) is 2.02. The molecule has 1 aromatic heterocycles. The van der Waals surface area contributed by atoms with Gasteiger partial charge in [0.2, 0.25) is 10.0 Å². The molecule has 140 valence electrons. The first kappa shape index (κ1) is 20.5. The maximum atomic E-state index is 12.1. The molecule has 26 heavy (non-hydrogen) atoms. The minimum atomic E-state index is -3.68. The lowest BCUT2D eigenvalue weighted by atomic mass is 10.2. The van der Waals surface area contributed by atoms with Crippen LogP contribution in [0.15, 0.2) is 38.3 Å². The summed E-state index contributed by atoms with van der Waals surface area (Å²) in [5, 5.41) is 4.18. The largest absolute Gasteiger partial charge is 0.459 e. The van der Waals surface area contributed by atoms with Gasteiger partial charge in [0, 0.05) is 11.1 Å². The van der Waals surface area contributed by atoms with Crippen molar-refractivity contribution in [3.8, 4) is 0 Å². The summed E-state index contributed by atoms with van der Waals surface area (Å²) >= 11 is 9.35. The van der Waals surface area contributed by atoms with E-state index in [1.807, 2.05) is 0 Å². The van der Waals surface area contributed by atoms with E-state index in [0.29, 0.717) is 22.2 Å². The van der Waals surface area contributed by atoms with Crippen LogP contribution in [0.3, 0.4) is 0 Å². The summed E-state index contributed by atoms with van der Waals surface area (Å²) in [5.41, 5.74) is 3.38. The number of hydrogen-bond donors (Lipinski definition) is 1. The molecule has 0 aliphatic carbocycles. The maximum absolute atomic E-state index is 12.1. The zero-order chi connectivity index (χ0) is 19.5. The van der Waals surface area contributed by atoms with E-state index in [9.17, 15) is 13.2 Å². The third kappa shape index (κ3) is 5.33. The Bertz CT molecular complexity index is 937. The number of hydrazone groups is 1. The van der Waals surface area contributed by atoms with Crippen LogP contribution in [0.5, 0.6) is 0 Å². The average Bonchev–Trinajstić information content (AvgIpc) is 2.85.